The van der Waals surface area contributed by atoms with Crippen molar-refractivity contribution in [1.82, 2.24) is 14.9 Å². The van der Waals surface area contributed by atoms with E-state index < -0.39 is 0 Å². The summed E-state index contributed by atoms with van der Waals surface area (Å²) in [6.07, 6.45) is 6.25. The van der Waals surface area contributed by atoms with E-state index in [0.29, 0.717) is 12.1 Å². The van der Waals surface area contributed by atoms with Crippen molar-refractivity contribution in [3.05, 3.63) is 40.6 Å². The molecule has 0 aromatic carbocycles. The van der Waals surface area contributed by atoms with Crippen LogP contribution in [-0.2, 0) is 6.54 Å². The van der Waals surface area contributed by atoms with Crippen molar-refractivity contribution in [1.29, 1.82) is 0 Å². The van der Waals surface area contributed by atoms with Crippen LogP contribution >= 0.6 is 11.3 Å². The summed E-state index contributed by atoms with van der Waals surface area (Å²) in [5.74, 6) is 0. The first-order valence-electron chi connectivity index (χ1n) is 6.99. The molecule has 1 N–H and O–H groups in total. The minimum atomic E-state index is 0.459. The molecule has 4 heteroatoms. The zero-order valence-electron chi connectivity index (χ0n) is 12.0. The highest BCUT2D eigenvalue weighted by Crippen LogP contribution is 2.23. The number of aromatic nitrogens is 2. The fraction of sp³-hybridized carbons (Fsp3) is 0.533. The highest BCUT2D eigenvalue weighted by Gasteiger charge is 2.12. The Bertz CT molecular complexity index is 473. The number of nitrogens with zero attached hydrogens (tertiary/aromatic N) is 2. The van der Waals surface area contributed by atoms with Gasteiger partial charge in [0.2, 0.25) is 0 Å². The summed E-state index contributed by atoms with van der Waals surface area (Å²) < 4.78 is 2.23. The molecule has 0 radical (unpaired) electrons. The zero-order valence-corrected chi connectivity index (χ0v) is 12.8. The molecule has 0 aliphatic carbocycles. The van der Waals surface area contributed by atoms with Gasteiger partial charge in [-0.15, -0.1) is 11.3 Å². The van der Waals surface area contributed by atoms with Crippen molar-refractivity contribution in [2.75, 3.05) is 0 Å². The molecule has 0 saturated carbocycles. The molecule has 0 aliphatic rings. The number of hydrogen-bond donors (Lipinski definition) is 1. The number of nitrogens with one attached hydrogen (secondary N) is 1. The Balaban J connectivity index is 2.01. The first-order chi connectivity index (χ1) is 9.22. The van der Waals surface area contributed by atoms with Gasteiger partial charge >= 0.3 is 0 Å². The highest BCUT2D eigenvalue weighted by atomic mass is 32.1. The standard InChI is InChI=1S/C15H23N3S/c1-4-6-14(15-7-5-8-19-15)17-10-13-9-16-11-18(13)12(2)3/h5,7-9,11-12,14,17H,4,6,10H2,1-3H3. The van der Waals surface area contributed by atoms with Crippen molar-refractivity contribution in [2.24, 2.45) is 0 Å². The van der Waals surface area contributed by atoms with Crippen LogP contribution in [0.5, 0.6) is 0 Å². The molecule has 0 spiro atoms. The van der Waals surface area contributed by atoms with Gasteiger partial charge in [0.25, 0.3) is 0 Å². The van der Waals surface area contributed by atoms with E-state index in [0.717, 1.165) is 6.54 Å². The highest BCUT2D eigenvalue weighted by molar-refractivity contribution is 7.10. The average Bonchev–Trinajstić information content (AvgIpc) is 3.05. The molecule has 3 nitrogen and oxygen atoms in total. The van der Waals surface area contributed by atoms with Gasteiger partial charge in [0, 0.05) is 29.7 Å². The van der Waals surface area contributed by atoms with E-state index in [4.69, 9.17) is 0 Å². The molecule has 2 rings (SSSR count). The number of thiophene rings is 1. The smallest absolute Gasteiger partial charge is 0.0951 e. The summed E-state index contributed by atoms with van der Waals surface area (Å²) in [5.41, 5.74) is 1.26. The molecule has 2 aromatic heterocycles. The lowest BCUT2D eigenvalue weighted by atomic mass is 10.1. The molecule has 0 amide bonds. The fourth-order valence-electron chi connectivity index (χ4n) is 2.28. The monoisotopic (exact) mass is 277 g/mol. The maximum absolute atomic E-state index is 4.26. The Morgan fingerprint density at radius 1 is 1.42 bits per heavy atom. The van der Waals surface area contributed by atoms with Crippen molar-refractivity contribution in [3.63, 3.8) is 0 Å². The SMILES string of the molecule is CCCC(NCc1cncn1C(C)C)c1cccs1. The maximum atomic E-state index is 4.26. The molecule has 1 atom stereocenters. The molecule has 2 heterocycles. The molecular formula is C15H23N3S. The van der Waals surface area contributed by atoms with Crippen molar-refractivity contribution < 1.29 is 0 Å². The van der Waals surface area contributed by atoms with Gasteiger partial charge in [-0.2, -0.15) is 0 Å². The topological polar surface area (TPSA) is 29.9 Å². The first kappa shape index (κ1) is 14.3. The van der Waals surface area contributed by atoms with Crippen LogP contribution < -0.4 is 5.32 Å². The van der Waals surface area contributed by atoms with Gasteiger partial charge in [0.15, 0.2) is 0 Å². The minimum Gasteiger partial charge on any atom is -0.331 e. The van der Waals surface area contributed by atoms with E-state index in [9.17, 15) is 0 Å². The minimum absolute atomic E-state index is 0.459. The normalized spacial score (nSPS) is 13.1. The first-order valence-corrected chi connectivity index (χ1v) is 7.87. The molecule has 0 aliphatic heterocycles. The van der Waals surface area contributed by atoms with Gasteiger partial charge in [0.1, 0.15) is 0 Å². The molecule has 0 fully saturated rings. The average molecular weight is 277 g/mol. The van der Waals surface area contributed by atoms with E-state index in [1.54, 1.807) is 0 Å². The van der Waals surface area contributed by atoms with Gasteiger partial charge in [-0.05, 0) is 31.7 Å². The molecule has 2 aromatic rings. The number of rotatable bonds is 7. The van der Waals surface area contributed by atoms with Crippen molar-refractivity contribution >= 4 is 11.3 Å². The van der Waals surface area contributed by atoms with E-state index >= 15 is 0 Å². The molecule has 1 unspecified atom stereocenters. The third-order valence-corrected chi connectivity index (χ3v) is 4.28. The lowest BCUT2D eigenvalue weighted by Crippen LogP contribution is -2.22. The predicted octanol–water partition coefficient (Wildman–Crippen LogP) is 4.16. The van der Waals surface area contributed by atoms with Crippen LogP contribution in [0, 0.1) is 0 Å². The Kier molecular flexibility index (Phi) is 5.16. The van der Waals surface area contributed by atoms with Gasteiger partial charge in [-0.3, -0.25) is 0 Å². The zero-order chi connectivity index (χ0) is 13.7. The Morgan fingerprint density at radius 3 is 2.89 bits per heavy atom. The third kappa shape index (κ3) is 3.67. The number of imidazole rings is 1. The largest absolute Gasteiger partial charge is 0.331 e. The Hall–Kier alpha value is -1.13. The lowest BCUT2D eigenvalue weighted by molar-refractivity contribution is 0.476. The van der Waals surface area contributed by atoms with Crippen LogP contribution in [0.25, 0.3) is 0 Å². The fourth-order valence-corrected chi connectivity index (χ4v) is 3.12. The van der Waals surface area contributed by atoms with E-state index in [2.05, 4.69) is 53.2 Å². The van der Waals surface area contributed by atoms with Crippen LogP contribution in [0.4, 0.5) is 0 Å². The van der Waals surface area contributed by atoms with Crippen molar-refractivity contribution in [3.8, 4) is 0 Å². The summed E-state index contributed by atoms with van der Waals surface area (Å²) in [7, 11) is 0. The molecular weight excluding hydrogens is 254 g/mol. The van der Waals surface area contributed by atoms with E-state index in [1.165, 1.54) is 23.4 Å². The Morgan fingerprint density at radius 2 is 2.26 bits per heavy atom. The summed E-state index contributed by atoms with van der Waals surface area (Å²) in [4.78, 5) is 5.68. The van der Waals surface area contributed by atoms with Crippen LogP contribution in [0.15, 0.2) is 30.0 Å². The second kappa shape index (κ2) is 6.87. The van der Waals surface area contributed by atoms with E-state index in [1.807, 2.05) is 23.9 Å². The Labute approximate surface area is 119 Å². The molecule has 19 heavy (non-hydrogen) atoms. The molecule has 104 valence electrons. The number of hydrogen-bond acceptors (Lipinski definition) is 3. The molecule has 0 bridgehead atoms. The van der Waals surface area contributed by atoms with Crippen LogP contribution in [0.2, 0.25) is 0 Å². The van der Waals surface area contributed by atoms with E-state index in [-0.39, 0.29) is 0 Å². The third-order valence-electron chi connectivity index (χ3n) is 3.30. The summed E-state index contributed by atoms with van der Waals surface area (Å²) in [5, 5.41) is 5.82. The summed E-state index contributed by atoms with van der Waals surface area (Å²) >= 11 is 1.83. The van der Waals surface area contributed by atoms with Gasteiger partial charge < -0.3 is 9.88 Å². The van der Waals surface area contributed by atoms with Crippen LogP contribution in [0.1, 0.15) is 56.3 Å². The predicted molar refractivity (Wildman–Crippen MR) is 81.4 cm³/mol. The van der Waals surface area contributed by atoms with Crippen LogP contribution in [0.3, 0.4) is 0 Å². The van der Waals surface area contributed by atoms with Gasteiger partial charge in [-0.1, -0.05) is 19.4 Å². The summed E-state index contributed by atoms with van der Waals surface area (Å²) in [6, 6.07) is 5.27. The van der Waals surface area contributed by atoms with Crippen molar-refractivity contribution in [2.45, 2.75) is 52.2 Å². The molecule has 0 saturated heterocycles. The summed E-state index contributed by atoms with van der Waals surface area (Å²) in [6.45, 7) is 7.49. The van der Waals surface area contributed by atoms with Crippen LogP contribution in [-0.4, -0.2) is 9.55 Å². The second-order valence-electron chi connectivity index (χ2n) is 5.12. The van der Waals surface area contributed by atoms with Gasteiger partial charge in [0.05, 0.1) is 12.0 Å². The van der Waals surface area contributed by atoms with Gasteiger partial charge in [-0.25, -0.2) is 4.98 Å². The quantitative estimate of drug-likeness (QED) is 0.823. The lowest BCUT2D eigenvalue weighted by Gasteiger charge is -2.18. The second-order valence-corrected chi connectivity index (χ2v) is 6.10. The maximum Gasteiger partial charge on any atom is 0.0951 e.